The molecule has 4 rings (SSSR count). The van der Waals surface area contributed by atoms with Crippen LogP contribution >= 0.6 is 0 Å². The van der Waals surface area contributed by atoms with Crippen molar-refractivity contribution in [2.75, 3.05) is 5.32 Å². The zero-order chi connectivity index (χ0) is 20.4. The van der Waals surface area contributed by atoms with Gasteiger partial charge in [0.25, 0.3) is 5.91 Å². The summed E-state index contributed by atoms with van der Waals surface area (Å²) in [6.07, 6.45) is -2.53. The molecule has 29 heavy (non-hydrogen) atoms. The number of tetrazole rings is 1. The molecule has 2 aromatic carbocycles. The first kappa shape index (κ1) is 18.3. The molecule has 0 spiro atoms. The Morgan fingerprint density at radius 2 is 1.76 bits per heavy atom. The van der Waals surface area contributed by atoms with E-state index in [-0.39, 0.29) is 11.4 Å². The molecule has 0 unspecified atom stereocenters. The number of carbonyl (C=O) groups is 1. The third-order valence-electron chi connectivity index (χ3n) is 4.00. The average molecular weight is 399 g/mol. The van der Waals surface area contributed by atoms with Gasteiger partial charge < -0.3 is 5.32 Å². The van der Waals surface area contributed by atoms with Gasteiger partial charge in [0.15, 0.2) is 5.69 Å². The van der Waals surface area contributed by atoms with E-state index in [9.17, 15) is 18.0 Å². The van der Waals surface area contributed by atoms with Gasteiger partial charge in [-0.25, -0.2) is 9.36 Å². The van der Waals surface area contributed by atoms with Crippen LogP contribution in [0.4, 0.5) is 18.9 Å². The molecule has 0 aliphatic carbocycles. The average Bonchev–Trinajstić information content (AvgIpc) is 3.39. The second kappa shape index (κ2) is 7.19. The van der Waals surface area contributed by atoms with E-state index in [1.165, 1.54) is 29.2 Å². The fourth-order valence-electron chi connectivity index (χ4n) is 2.76. The van der Waals surface area contributed by atoms with Gasteiger partial charge >= 0.3 is 6.18 Å². The van der Waals surface area contributed by atoms with Crippen LogP contribution in [0.15, 0.2) is 67.1 Å². The highest BCUT2D eigenvalue weighted by atomic mass is 19.4. The maximum atomic E-state index is 13.7. The molecule has 0 saturated carbocycles. The largest absolute Gasteiger partial charge is 0.434 e. The lowest BCUT2D eigenvalue weighted by Crippen LogP contribution is -2.20. The molecular formula is C18H12F3N7O. The van der Waals surface area contributed by atoms with Gasteiger partial charge in [-0.05, 0) is 40.8 Å². The summed E-state index contributed by atoms with van der Waals surface area (Å²) in [4.78, 5) is 12.6. The number of amides is 1. The van der Waals surface area contributed by atoms with Gasteiger partial charge in [-0.3, -0.25) is 4.79 Å². The molecular weight excluding hydrogens is 387 g/mol. The number of aromatic nitrogens is 6. The molecule has 1 amide bonds. The molecule has 4 aromatic rings. The predicted molar refractivity (Wildman–Crippen MR) is 95.7 cm³/mol. The van der Waals surface area contributed by atoms with Crippen molar-refractivity contribution in [3.05, 3.63) is 78.4 Å². The highest BCUT2D eigenvalue weighted by molar-refractivity contribution is 6.05. The fraction of sp³-hybridized carbons (Fsp3) is 0.0556. The molecule has 0 radical (unpaired) electrons. The normalized spacial score (nSPS) is 11.4. The fourth-order valence-corrected chi connectivity index (χ4v) is 2.76. The maximum absolute atomic E-state index is 13.7. The maximum Gasteiger partial charge on any atom is 0.434 e. The quantitative estimate of drug-likeness (QED) is 0.570. The first-order chi connectivity index (χ1) is 13.9. The molecule has 11 heteroatoms. The molecule has 0 aliphatic heterocycles. The Morgan fingerprint density at radius 1 is 1.00 bits per heavy atom. The molecule has 2 heterocycles. The minimum atomic E-state index is -4.78. The number of anilines is 1. The third kappa shape index (κ3) is 3.70. The van der Waals surface area contributed by atoms with Gasteiger partial charge in [-0.1, -0.05) is 24.3 Å². The lowest BCUT2D eigenvalue weighted by molar-refractivity contribution is -0.143. The number of nitrogens with zero attached hydrogens (tertiary/aromatic N) is 6. The van der Waals surface area contributed by atoms with E-state index >= 15 is 0 Å². The Kier molecular flexibility index (Phi) is 4.55. The topological polar surface area (TPSA) is 90.5 Å². The molecule has 0 fully saturated rings. The monoisotopic (exact) mass is 399 g/mol. The van der Waals surface area contributed by atoms with E-state index in [1.54, 1.807) is 36.4 Å². The number of para-hydroxylation sites is 1. The summed E-state index contributed by atoms with van der Waals surface area (Å²) in [7, 11) is 0. The summed E-state index contributed by atoms with van der Waals surface area (Å²) in [5.41, 5.74) is -0.737. The molecule has 0 aliphatic rings. The second-order valence-corrected chi connectivity index (χ2v) is 5.91. The van der Waals surface area contributed by atoms with Crippen LogP contribution in [-0.4, -0.2) is 35.9 Å². The number of hydrogen-bond donors (Lipinski definition) is 1. The molecule has 2 aromatic heterocycles. The van der Waals surface area contributed by atoms with Crippen LogP contribution in [0.25, 0.3) is 11.4 Å². The number of rotatable bonds is 4. The number of alkyl halides is 3. The number of halogens is 3. The summed E-state index contributed by atoms with van der Waals surface area (Å²) < 4.78 is 43.2. The highest BCUT2D eigenvalue weighted by Gasteiger charge is 2.40. The molecule has 1 N–H and O–H groups in total. The molecule has 0 atom stereocenters. The third-order valence-corrected chi connectivity index (χ3v) is 4.00. The van der Waals surface area contributed by atoms with Gasteiger partial charge in [0.2, 0.25) is 0 Å². The Hall–Kier alpha value is -4.02. The van der Waals surface area contributed by atoms with Crippen molar-refractivity contribution < 1.29 is 18.0 Å². The van der Waals surface area contributed by atoms with Gasteiger partial charge in [0.05, 0.1) is 23.1 Å². The summed E-state index contributed by atoms with van der Waals surface area (Å²) in [5.74, 6) is -0.937. The van der Waals surface area contributed by atoms with Gasteiger partial charge in [-0.2, -0.15) is 18.3 Å². The van der Waals surface area contributed by atoms with Crippen molar-refractivity contribution >= 4 is 11.6 Å². The van der Waals surface area contributed by atoms with Crippen LogP contribution in [0.1, 0.15) is 16.1 Å². The van der Waals surface area contributed by atoms with E-state index in [0.717, 1.165) is 6.20 Å². The van der Waals surface area contributed by atoms with Crippen LogP contribution in [0.3, 0.4) is 0 Å². The van der Waals surface area contributed by atoms with Crippen molar-refractivity contribution in [3.63, 3.8) is 0 Å². The molecule has 0 bridgehead atoms. The summed E-state index contributed by atoms with van der Waals surface area (Å²) in [6, 6.07) is 14.2. The van der Waals surface area contributed by atoms with E-state index in [0.29, 0.717) is 10.4 Å². The zero-order valence-electron chi connectivity index (χ0n) is 14.6. The van der Waals surface area contributed by atoms with Crippen LogP contribution in [-0.2, 0) is 6.18 Å². The van der Waals surface area contributed by atoms with Crippen LogP contribution in [0.2, 0.25) is 0 Å². The van der Waals surface area contributed by atoms with Crippen LogP contribution in [0, 0.1) is 0 Å². The zero-order valence-corrected chi connectivity index (χ0v) is 14.6. The smallest absolute Gasteiger partial charge is 0.322 e. The van der Waals surface area contributed by atoms with Crippen molar-refractivity contribution in [1.82, 2.24) is 30.0 Å². The SMILES string of the molecule is O=C(Nc1cccc(-n2cnnn2)c1)c1cnn(-c2ccccc2)c1C(F)(F)F. The molecule has 146 valence electrons. The van der Waals surface area contributed by atoms with Gasteiger partial charge in [-0.15, -0.1) is 5.10 Å². The van der Waals surface area contributed by atoms with Crippen LogP contribution < -0.4 is 5.32 Å². The van der Waals surface area contributed by atoms with Crippen molar-refractivity contribution in [1.29, 1.82) is 0 Å². The number of benzene rings is 2. The molecule has 8 nitrogen and oxygen atoms in total. The number of carbonyl (C=O) groups excluding carboxylic acids is 1. The first-order valence-electron chi connectivity index (χ1n) is 8.29. The Balaban J connectivity index is 1.68. The van der Waals surface area contributed by atoms with Crippen molar-refractivity contribution in [3.8, 4) is 11.4 Å². The van der Waals surface area contributed by atoms with Gasteiger partial charge in [0, 0.05) is 5.69 Å². The number of nitrogens with one attached hydrogen (secondary N) is 1. The summed E-state index contributed by atoms with van der Waals surface area (Å²) >= 11 is 0. The van der Waals surface area contributed by atoms with E-state index in [4.69, 9.17) is 0 Å². The lowest BCUT2D eigenvalue weighted by Gasteiger charge is -2.13. The Labute approximate surface area is 161 Å². The Morgan fingerprint density at radius 3 is 2.45 bits per heavy atom. The Bertz CT molecular complexity index is 1140. The van der Waals surface area contributed by atoms with Crippen LogP contribution in [0.5, 0.6) is 0 Å². The van der Waals surface area contributed by atoms with E-state index in [1.807, 2.05) is 0 Å². The number of hydrogen-bond acceptors (Lipinski definition) is 5. The van der Waals surface area contributed by atoms with E-state index < -0.39 is 23.3 Å². The summed E-state index contributed by atoms with van der Waals surface area (Å²) in [6.45, 7) is 0. The van der Waals surface area contributed by atoms with E-state index in [2.05, 4.69) is 25.9 Å². The standard InChI is InChI=1S/C18H12F3N7O/c19-18(20,21)16-15(10-23-28(16)13-6-2-1-3-7-13)17(29)24-12-5-4-8-14(9-12)27-11-22-25-26-27/h1-11H,(H,24,29). The predicted octanol–water partition coefficient (Wildman–Crippen LogP) is 3.12. The van der Waals surface area contributed by atoms with Gasteiger partial charge in [0.1, 0.15) is 6.33 Å². The lowest BCUT2D eigenvalue weighted by atomic mass is 10.2. The van der Waals surface area contributed by atoms with Crippen molar-refractivity contribution in [2.24, 2.45) is 0 Å². The highest BCUT2D eigenvalue weighted by Crippen LogP contribution is 2.34. The summed E-state index contributed by atoms with van der Waals surface area (Å²) in [5, 5.41) is 17.0. The minimum absolute atomic E-state index is 0.194. The molecule has 0 saturated heterocycles. The minimum Gasteiger partial charge on any atom is -0.322 e. The van der Waals surface area contributed by atoms with Crippen molar-refractivity contribution in [2.45, 2.75) is 6.18 Å². The second-order valence-electron chi connectivity index (χ2n) is 5.91. The first-order valence-corrected chi connectivity index (χ1v) is 8.29.